The zero-order valence-electron chi connectivity index (χ0n) is 13.7. The molecule has 0 atom stereocenters. The van der Waals surface area contributed by atoms with Gasteiger partial charge in [0.1, 0.15) is 5.94 Å². The Morgan fingerprint density at radius 1 is 1.00 bits per heavy atom. The highest BCUT2D eigenvalue weighted by Crippen LogP contribution is 2.26. The zero-order valence-corrected chi connectivity index (χ0v) is 15.3. The van der Waals surface area contributed by atoms with E-state index in [1.165, 1.54) is 10.8 Å². The lowest BCUT2D eigenvalue weighted by Crippen LogP contribution is -2.48. The highest BCUT2D eigenvalue weighted by atomic mass is 33.1. The summed E-state index contributed by atoms with van der Waals surface area (Å²) in [6, 6.07) is 0. The second-order valence-electron chi connectivity index (χ2n) is 4.51. The number of terminal acetylenes is 3. The predicted molar refractivity (Wildman–Crippen MR) is 98.0 cm³/mol. The standard InChI is InChI=1S/C17H20O6S2/c1-4-7-8-11-24-25-14-21-13-17(12-18,15(19)22-9-5-2)16(20)23-10-6-3/h1-3,18H,7-14H2. The molecule has 8 heteroatoms. The lowest BCUT2D eigenvalue weighted by molar-refractivity contribution is -0.178. The Kier molecular flexibility index (Phi) is 13.5. The maximum Gasteiger partial charge on any atom is 0.329 e. The quantitative estimate of drug-likeness (QED) is 0.126. The molecule has 0 unspecified atom stereocenters. The van der Waals surface area contributed by atoms with Crippen LogP contribution in [-0.2, 0) is 23.8 Å². The highest BCUT2D eigenvalue weighted by molar-refractivity contribution is 8.76. The fourth-order valence-corrected chi connectivity index (χ4v) is 3.16. The molecule has 0 aromatic carbocycles. The van der Waals surface area contributed by atoms with Crippen LogP contribution >= 0.6 is 21.6 Å². The van der Waals surface area contributed by atoms with Gasteiger partial charge in [-0.15, -0.1) is 25.2 Å². The van der Waals surface area contributed by atoms with E-state index in [-0.39, 0.29) is 19.2 Å². The van der Waals surface area contributed by atoms with E-state index in [9.17, 15) is 14.7 Å². The predicted octanol–water partition coefficient (Wildman–Crippen LogP) is 1.09. The van der Waals surface area contributed by atoms with Crippen LogP contribution in [0.15, 0.2) is 0 Å². The average Bonchev–Trinajstić information content (AvgIpc) is 2.63. The number of esters is 2. The number of hydrogen-bond donors (Lipinski definition) is 1. The molecule has 0 saturated heterocycles. The zero-order chi connectivity index (χ0) is 19.0. The second-order valence-corrected chi connectivity index (χ2v) is 7.04. The van der Waals surface area contributed by atoms with Crippen LogP contribution < -0.4 is 0 Å². The number of carbonyl (C=O) groups is 2. The van der Waals surface area contributed by atoms with Gasteiger partial charge in [0.15, 0.2) is 13.2 Å². The molecule has 0 aliphatic heterocycles. The van der Waals surface area contributed by atoms with E-state index < -0.39 is 30.6 Å². The Labute approximate surface area is 156 Å². The molecule has 0 rings (SSSR count). The summed E-state index contributed by atoms with van der Waals surface area (Å²) in [5.41, 5.74) is -2.03. The smallest absolute Gasteiger partial charge is 0.329 e. The molecule has 136 valence electrons. The van der Waals surface area contributed by atoms with E-state index in [1.54, 1.807) is 10.8 Å². The Morgan fingerprint density at radius 3 is 2.08 bits per heavy atom. The lowest BCUT2D eigenvalue weighted by Gasteiger charge is -2.26. The van der Waals surface area contributed by atoms with Crippen LogP contribution in [0.4, 0.5) is 0 Å². The summed E-state index contributed by atoms with van der Waals surface area (Å²) in [5.74, 6) is 5.74. The van der Waals surface area contributed by atoms with Gasteiger partial charge in [-0.3, -0.25) is 9.59 Å². The Balaban J connectivity index is 4.65. The summed E-state index contributed by atoms with van der Waals surface area (Å²) in [6.45, 7) is -1.97. The molecule has 0 saturated carbocycles. The van der Waals surface area contributed by atoms with Crippen LogP contribution in [0.5, 0.6) is 0 Å². The van der Waals surface area contributed by atoms with Crippen molar-refractivity contribution in [2.24, 2.45) is 5.41 Å². The van der Waals surface area contributed by atoms with Crippen molar-refractivity contribution in [2.45, 2.75) is 12.8 Å². The van der Waals surface area contributed by atoms with Gasteiger partial charge < -0.3 is 19.3 Å². The molecule has 0 spiro atoms. The van der Waals surface area contributed by atoms with Crippen LogP contribution in [-0.4, -0.2) is 55.2 Å². The Morgan fingerprint density at radius 2 is 1.60 bits per heavy atom. The van der Waals surface area contributed by atoms with E-state index in [4.69, 9.17) is 33.5 Å². The van der Waals surface area contributed by atoms with Gasteiger partial charge in [0.25, 0.3) is 0 Å². The minimum atomic E-state index is -2.03. The largest absolute Gasteiger partial charge is 0.452 e. The fourth-order valence-electron chi connectivity index (χ4n) is 1.44. The average molecular weight is 384 g/mol. The molecule has 0 bridgehead atoms. The normalized spacial score (nSPS) is 10.2. The topological polar surface area (TPSA) is 82.1 Å². The molecule has 0 radical (unpaired) electrons. The lowest BCUT2D eigenvalue weighted by atomic mass is 9.90. The van der Waals surface area contributed by atoms with Gasteiger partial charge in [-0.1, -0.05) is 33.4 Å². The van der Waals surface area contributed by atoms with Gasteiger partial charge in [-0.25, -0.2) is 0 Å². The van der Waals surface area contributed by atoms with Crippen molar-refractivity contribution in [3.05, 3.63) is 0 Å². The van der Waals surface area contributed by atoms with Crippen molar-refractivity contribution < 1.29 is 28.9 Å². The van der Waals surface area contributed by atoms with Crippen molar-refractivity contribution in [3.63, 3.8) is 0 Å². The summed E-state index contributed by atoms with van der Waals surface area (Å²) >= 11 is 0. The van der Waals surface area contributed by atoms with Gasteiger partial charge in [0, 0.05) is 12.2 Å². The molecule has 0 aliphatic carbocycles. The summed E-state index contributed by atoms with van der Waals surface area (Å²) in [4.78, 5) is 24.3. The highest BCUT2D eigenvalue weighted by Gasteiger charge is 2.49. The molecule has 0 aromatic rings. The van der Waals surface area contributed by atoms with Gasteiger partial charge in [-0.05, 0) is 6.42 Å². The van der Waals surface area contributed by atoms with Crippen molar-refractivity contribution in [1.29, 1.82) is 0 Å². The first-order valence-corrected chi connectivity index (χ1v) is 9.65. The van der Waals surface area contributed by atoms with E-state index in [0.717, 1.165) is 12.2 Å². The van der Waals surface area contributed by atoms with Crippen LogP contribution in [0.2, 0.25) is 0 Å². The molecule has 0 aliphatic rings. The number of carbonyl (C=O) groups excluding carboxylic acids is 2. The summed E-state index contributed by atoms with van der Waals surface area (Å²) < 4.78 is 14.9. The Hall–Kier alpha value is -1.76. The molecule has 0 amide bonds. The first-order valence-electron chi connectivity index (χ1n) is 7.17. The monoisotopic (exact) mass is 384 g/mol. The van der Waals surface area contributed by atoms with Crippen LogP contribution in [0, 0.1) is 42.4 Å². The van der Waals surface area contributed by atoms with Gasteiger partial charge in [0.05, 0.1) is 13.2 Å². The summed E-state index contributed by atoms with van der Waals surface area (Å²) in [5, 5.41) is 9.60. The van der Waals surface area contributed by atoms with Crippen molar-refractivity contribution in [2.75, 3.05) is 38.1 Å². The van der Waals surface area contributed by atoms with Gasteiger partial charge in [-0.2, -0.15) is 0 Å². The van der Waals surface area contributed by atoms with Crippen LogP contribution in [0.1, 0.15) is 12.8 Å². The molecule has 6 nitrogen and oxygen atoms in total. The molecule has 25 heavy (non-hydrogen) atoms. The number of aliphatic hydroxyl groups is 1. The SMILES string of the molecule is C#CCCCSSCOCC(CO)(C(=O)OCC#C)C(=O)OCC#C. The molecule has 0 aromatic heterocycles. The third kappa shape index (κ3) is 8.77. The van der Waals surface area contributed by atoms with Crippen LogP contribution in [0.3, 0.4) is 0 Å². The number of hydrogen-bond acceptors (Lipinski definition) is 8. The number of rotatable bonds is 13. The molecule has 0 fully saturated rings. The fraction of sp³-hybridized carbons (Fsp3) is 0.529. The minimum absolute atomic E-state index is 0.188. The Bertz CT molecular complexity index is 511. The van der Waals surface area contributed by atoms with Crippen molar-refractivity contribution in [1.82, 2.24) is 0 Å². The number of ether oxygens (including phenoxy) is 3. The third-order valence-corrected chi connectivity index (χ3v) is 4.91. The number of aliphatic hydroxyl groups excluding tert-OH is 1. The maximum atomic E-state index is 12.2. The van der Waals surface area contributed by atoms with E-state index >= 15 is 0 Å². The molecule has 1 N–H and O–H groups in total. The van der Waals surface area contributed by atoms with Gasteiger partial charge in [0.2, 0.25) is 5.41 Å². The van der Waals surface area contributed by atoms with E-state index in [0.29, 0.717) is 6.42 Å². The molecular weight excluding hydrogens is 364 g/mol. The van der Waals surface area contributed by atoms with Gasteiger partial charge >= 0.3 is 11.9 Å². The maximum absolute atomic E-state index is 12.2. The van der Waals surface area contributed by atoms with Crippen LogP contribution in [0.25, 0.3) is 0 Å². The van der Waals surface area contributed by atoms with E-state index in [2.05, 4.69) is 17.8 Å². The third-order valence-electron chi connectivity index (χ3n) is 2.74. The van der Waals surface area contributed by atoms with Crippen molar-refractivity contribution in [3.8, 4) is 37.0 Å². The van der Waals surface area contributed by atoms with E-state index in [1.807, 2.05) is 0 Å². The second kappa shape index (κ2) is 14.6. The minimum Gasteiger partial charge on any atom is -0.452 e. The molecular formula is C17H20O6S2. The first kappa shape index (κ1) is 23.2. The summed E-state index contributed by atoms with van der Waals surface area (Å²) in [7, 11) is 2.93. The molecule has 0 heterocycles. The van der Waals surface area contributed by atoms with Crippen molar-refractivity contribution >= 4 is 33.5 Å². The number of unbranched alkanes of at least 4 members (excludes halogenated alkanes) is 1. The first-order chi connectivity index (χ1) is 12.1. The summed E-state index contributed by atoms with van der Waals surface area (Å²) in [6.07, 6.45) is 16.8.